The number of nitrogens with one attached hydrogen (secondary N) is 1. The molecule has 4 heteroatoms. The lowest BCUT2D eigenvalue weighted by Gasteiger charge is -2.26. The van der Waals surface area contributed by atoms with Crippen molar-refractivity contribution in [1.82, 2.24) is 5.32 Å². The summed E-state index contributed by atoms with van der Waals surface area (Å²) in [6.45, 7) is 2.55. The predicted octanol–water partition coefficient (Wildman–Crippen LogP) is 1.84. The highest BCUT2D eigenvalue weighted by atomic mass is 16.3. The topological polar surface area (TPSA) is 68.3 Å². The smallest absolute Gasteiger partial charge is 0.254 e. The van der Waals surface area contributed by atoms with Gasteiger partial charge in [-0.3, -0.25) is 4.79 Å². The number of hydrogen-bond acceptors (Lipinski definition) is 3. The van der Waals surface area contributed by atoms with Gasteiger partial charge in [0.15, 0.2) is 0 Å². The third kappa shape index (κ3) is 3.09. The maximum absolute atomic E-state index is 11.8. The van der Waals surface area contributed by atoms with E-state index in [9.17, 15) is 4.79 Å². The Morgan fingerprint density at radius 1 is 1.47 bits per heavy atom. The summed E-state index contributed by atoms with van der Waals surface area (Å²) in [6.07, 6.45) is 5.93. The molecule has 0 unspecified atom stereocenters. The number of hydrogen-bond donors (Lipinski definition) is 2. The Balaban J connectivity index is 1.79. The summed E-state index contributed by atoms with van der Waals surface area (Å²) < 4.78 is 5.11. The van der Waals surface area contributed by atoms with E-state index in [2.05, 4.69) is 5.32 Å². The molecule has 0 saturated heterocycles. The van der Waals surface area contributed by atoms with Crippen LogP contribution in [0, 0.1) is 12.8 Å². The first-order valence-electron chi connectivity index (χ1n) is 6.24. The number of nitrogens with two attached hydrogens (primary N) is 1. The van der Waals surface area contributed by atoms with Gasteiger partial charge >= 0.3 is 0 Å². The molecule has 0 atom stereocenters. The van der Waals surface area contributed by atoms with E-state index in [4.69, 9.17) is 10.2 Å². The van der Waals surface area contributed by atoms with Crippen LogP contribution in [0.1, 0.15) is 41.8 Å². The molecule has 1 saturated carbocycles. The van der Waals surface area contributed by atoms with Gasteiger partial charge < -0.3 is 15.5 Å². The maximum Gasteiger partial charge on any atom is 0.254 e. The molecule has 1 amide bonds. The van der Waals surface area contributed by atoms with Gasteiger partial charge in [-0.1, -0.05) is 0 Å². The van der Waals surface area contributed by atoms with Gasteiger partial charge in [-0.2, -0.15) is 0 Å². The molecule has 0 aromatic carbocycles. The van der Waals surface area contributed by atoms with Crippen molar-refractivity contribution in [2.75, 3.05) is 6.54 Å². The molecule has 1 heterocycles. The van der Waals surface area contributed by atoms with E-state index in [0.717, 1.165) is 32.2 Å². The van der Waals surface area contributed by atoms with Gasteiger partial charge in [0.25, 0.3) is 5.91 Å². The van der Waals surface area contributed by atoms with Crippen LogP contribution >= 0.6 is 0 Å². The van der Waals surface area contributed by atoms with Crippen LogP contribution in [0.2, 0.25) is 0 Å². The van der Waals surface area contributed by atoms with Gasteiger partial charge in [-0.15, -0.1) is 0 Å². The summed E-state index contributed by atoms with van der Waals surface area (Å²) in [6, 6.07) is 2.07. The first-order chi connectivity index (χ1) is 8.16. The molecule has 94 valence electrons. The fraction of sp³-hybridized carbons (Fsp3) is 0.615. The highest BCUT2D eigenvalue weighted by molar-refractivity contribution is 5.94. The van der Waals surface area contributed by atoms with E-state index in [1.54, 1.807) is 19.3 Å². The second kappa shape index (κ2) is 5.36. The largest absolute Gasteiger partial charge is 0.469 e. The first kappa shape index (κ1) is 12.2. The van der Waals surface area contributed by atoms with Gasteiger partial charge in [0, 0.05) is 12.6 Å². The molecule has 3 N–H and O–H groups in total. The SMILES string of the molecule is Cc1occc1C(=O)NCC1CCC(N)CC1. The normalized spacial score (nSPS) is 24.6. The van der Waals surface area contributed by atoms with Crippen molar-refractivity contribution in [2.45, 2.75) is 38.6 Å². The van der Waals surface area contributed by atoms with E-state index in [1.165, 1.54) is 0 Å². The zero-order valence-electron chi connectivity index (χ0n) is 10.2. The minimum Gasteiger partial charge on any atom is -0.469 e. The summed E-state index contributed by atoms with van der Waals surface area (Å²) in [4.78, 5) is 11.8. The van der Waals surface area contributed by atoms with E-state index in [1.807, 2.05) is 0 Å². The van der Waals surface area contributed by atoms with Crippen LogP contribution in [0.25, 0.3) is 0 Å². The van der Waals surface area contributed by atoms with Crippen LogP contribution in [0.15, 0.2) is 16.7 Å². The van der Waals surface area contributed by atoms with Crippen molar-refractivity contribution in [3.63, 3.8) is 0 Å². The molecular weight excluding hydrogens is 216 g/mol. The summed E-state index contributed by atoms with van der Waals surface area (Å²) in [5, 5.41) is 2.97. The third-order valence-corrected chi connectivity index (χ3v) is 3.55. The maximum atomic E-state index is 11.8. The molecule has 1 aromatic heterocycles. The molecule has 2 rings (SSSR count). The van der Waals surface area contributed by atoms with Crippen LogP contribution in [-0.2, 0) is 0 Å². The predicted molar refractivity (Wildman–Crippen MR) is 65.7 cm³/mol. The summed E-state index contributed by atoms with van der Waals surface area (Å²) in [7, 11) is 0. The van der Waals surface area contributed by atoms with Crippen molar-refractivity contribution in [3.05, 3.63) is 23.7 Å². The third-order valence-electron chi connectivity index (χ3n) is 3.55. The van der Waals surface area contributed by atoms with E-state index in [-0.39, 0.29) is 5.91 Å². The monoisotopic (exact) mass is 236 g/mol. The van der Waals surface area contributed by atoms with E-state index >= 15 is 0 Å². The number of furan rings is 1. The Kier molecular flexibility index (Phi) is 3.84. The molecule has 1 aliphatic rings. The lowest BCUT2D eigenvalue weighted by molar-refractivity contribution is 0.0941. The number of amides is 1. The molecule has 0 aliphatic heterocycles. The fourth-order valence-corrected chi connectivity index (χ4v) is 2.35. The lowest BCUT2D eigenvalue weighted by atomic mass is 9.86. The molecule has 0 spiro atoms. The molecule has 1 fully saturated rings. The minimum absolute atomic E-state index is 0.0360. The van der Waals surface area contributed by atoms with E-state index in [0.29, 0.717) is 23.3 Å². The Labute approximate surface area is 102 Å². The first-order valence-corrected chi connectivity index (χ1v) is 6.24. The Morgan fingerprint density at radius 3 is 2.76 bits per heavy atom. The summed E-state index contributed by atoms with van der Waals surface area (Å²) in [5.74, 6) is 1.21. The highest BCUT2D eigenvalue weighted by Gasteiger charge is 2.19. The summed E-state index contributed by atoms with van der Waals surface area (Å²) in [5.41, 5.74) is 6.49. The van der Waals surface area contributed by atoms with Crippen LogP contribution in [0.4, 0.5) is 0 Å². The van der Waals surface area contributed by atoms with Gasteiger partial charge in [0.1, 0.15) is 5.76 Å². The summed E-state index contributed by atoms with van der Waals surface area (Å²) >= 11 is 0. The second-order valence-electron chi connectivity index (χ2n) is 4.88. The molecule has 17 heavy (non-hydrogen) atoms. The Hall–Kier alpha value is -1.29. The van der Waals surface area contributed by atoms with Gasteiger partial charge in [0.05, 0.1) is 11.8 Å². The van der Waals surface area contributed by atoms with Gasteiger partial charge in [-0.25, -0.2) is 0 Å². The van der Waals surface area contributed by atoms with Crippen molar-refractivity contribution in [3.8, 4) is 0 Å². The number of rotatable bonds is 3. The van der Waals surface area contributed by atoms with Crippen LogP contribution < -0.4 is 11.1 Å². The Morgan fingerprint density at radius 2 is 2.18 bits per heavy atom. The van der Waals surface area contributed by atoms with Crippen molar-refractivity contribution in [2.24, 2.45) is 11.7 Å². The number of carbonyl (C=O) groups is 1. The zero-order chi connectivity index (χ0) is 12.3. The number of aryl methyl sites for hydroxylation is 1. The molecule has 4 nitrogen and oxygen atoms in total. The molecular formula is C13H20N2O2. The molecule has 0 bridgehead atoms. The standard InChI is InChI=1S/C13H20N2O2/c1-9-12(6-7-17-9)13(16)15-8-10-2-4-11(14)5-3-10/h6-7,10-11H,2-5,8,14H2,1H3,(H,15,16). The highest BCUT2D eigenvalue weighted by Crippen LogP contribution is 2.22. The van der Waals surface area contributed by atoms with E-state index < -0.39 is 0 Å². The van der Waals surface area contributed by atoms with Gasteiger partial charge in [0.2, 0.25) is 0 Å². The lowest BCUT2D eigenvalue weighted by Crippen LogP contribution is -2.34. The van der Waals surface area contributed by atoms with Crippen molar-refractivity contribution < 1.29 is 9.21 Å². The molecule has 1 aliphatic carbocycles. The minimum atomic E-state index is -0.0360. The Bertz CT molecular complexity index is 379. The average molecular weight is 236 g/mol. The molecule has 0 radical (unpaired) electrons. The van der Waals surface area contributed by atoms with Crippen molar-refractivity contribution in [1.29, 1.82) is 0 Å². The van der Waals surface area contributed by atoms with Gasteiger partial charge in [-0.05, 0) is 44.6 Å². The van der Waals surface area contributed by atoms with Crippen LogP contribution in [0.5, 0.6) is 0 Å². The van der Waals surface area contributed by atoms with Crippen molar-refractivity contribution >= 4 is 5.91 Å². The second-order valence-corrected chi connectivity index (χ2v) is 4.88. The average Bonchev–Trinajstić information content (AvgIpc) is 2.74. The molecule has 1 aromatic rings. The number of carbonyl (C=O) groups excluding carboxylic acids is 1. The zero-order valence-corrected chi connectivity index (χ0v) is 10.2. The fourth-order valence-electron chi connectivity index (χ4n) is 2.35. The quantitative estimate of drug-likeness (QED) is 0.841. The van der Waals surface area contributed by atoms with Crippen LogP contribution in [0.3, 0.4) is 0 Å². The van der Waals surface area contributed by atoms with Crippen LogP contribution in [-0.4, -0.2) is 18.5 Å².